The third kappa shape index (κ3) is 5.11. The van der Waals surface area contributed by atoms with Gasteiger partial charge in [-0.1, -0.05) is 72.8 Å². The summed E-state index contributed by atoms with van der Waals surface area (Å²) in [6, 6.07) is 25.7. The van der Waals surface area contributed by atoms with Gasteiger partial charge in [0.25, 0.3) is 5.56 Å². The van der Waals surface area contributed by atoms with Gasteiger partial charge >= 0.3 is 0 Å². The monoisotopic (exact) mass is 425 g/mol. The highest BCUT2D eigenvalue weighted by Gasteiger charge is 2.16. The first-order valence-corrected chi connectivity index (χ1v) is 10.9. The molecule has 5 nitrogen and oxygen atoms in total. The minimum Gasteiger partial charge on any atom is -0.348 e. The molecule has 32 heavy (non-hydrogen) atoms. The van der Waals surface area contributed by atoms with E-state index in [-0.39, 0.29) is 24.1 Å². The maximum Gasteiger partial charge on any atom is 0.261 e. The van der Waals surface area contributed by atoms with Crippen molar-refractivity contribution in [2.75, 3.05) is 0 Å². The third-order valence-electron chi connectivity index (χ3n) is 5.71. The molecule has 1 amide bonds. The molecule has 0 bridgehead atoms. The lowest BCUT2D eigenvalue weighted by molar-refractivity contribution is -0.122. The molecule has 0 fully saturated rings. The van der Waals surface area contributed by atoms with Gasteiger partial charge in [0.05, 0.1) is 23.3 Å². The Kier molecular flexibility index (Phi) is 6.75. The minimum atomic E-state index is -0.200. The second-order valence-corrected chi connectivity index (χ2v) is 8.06. The van der Waals surface area contributed by atoms with Crippen LogP contribution in [0.15, 0.2) is 90.0 Å². The minimum absolute atomic E-state index is 0.0578. The van der Waals surface area contributed by atoms with Crippen LogP contribution in [0.1, 0.15) is 35.6 Å². The smallest absolute Gasteiger partial charge is 0.261 e. The topological polar surface area (TPSA) is 64.0 Å². The summed E-state index contributed by atoms with van der Waals surface area (Å²) in [5.41, 5.74) is 3.77. The van der Waals surface area contributed by atoms with Gasteiger partial charge in [-0.3, -0.25) is 14.2 Å². The van der Waals surface area contributed by atoms with E-state index < -0.39 is 0 Å². The number of para-hydroxylation sites is 1. The normalized spacial score (nSPS) is 11.9. The molecule has 1 heterocycles. The van der Waals surface area contributed by atoms with Crippen molar-refractivity contribution in [1.82, 2.24) is 14.9 Å². The Balaban J connectivity index is 1.47. The van der Waals surface area contributed by atoms with E-state index >= 15 is 0 Å². The second-order valence-electron chi connectivity index (χ2n) is 8.06. The van der Waals surface area contributed by atoms with Crippen LogP contribution < -0.4 is 10.9 Å². The number of rotatable bonds is 8. The molecule has 4 aromatic rings. The van der Waals surface area contributed by atoms with Crippen LogP contribution in [0, 0.1) is 6.92 Å². The van der Waals surface area contributed by atoms with E-state index in [0.29, 0.717) is 10.9 Å². The predicted octanol–water partition coefficient (Wildman–Crippen LogP) is 4.59. The molecule has 1 atom stereocenters. The van der Waals surface area contributed by atoms with E-state index in [2.05, 4.69) is 22.4 Å². The molecule has 5 heteroatoms. The molecule has 0 aliphatic heterocycles. The van der Waals surface area contributed by atoms with Crippen molar-refractivity contribution >= 4 is 16.8 Å². The summed E-state index contributed by atoms with van der Waals surface area (Å²) in [5.74, 6) is -0.200. The standard InChI is InChI=1S/C27H27N3O2/c1-20-10-8-16-23-26(20)28-19-30(27(23)32)18-25(31)29-24(22-14-6-3-7-15-22)17-9-13-21-11-4-2-5-12-21/h2-8,10-12,14-16,19,24H,9,13,17-18H2,1H3,(H,29,31)/t24-/m0/s1. The molecule has 1 aromatic heterocycles. The third-order valence-corrected chi connectivity index (χ3v) is 5.71. The molecule has 0 saturated heterocycles. The maximum absolute atomic E-state index is 12.9. The van der Waals surface area contributed by atoms with E-state index in [0.717, 1.165) is 30.4 Å². The molecule has 0 spiro atoms. The first-order valence-electron chi connectivity index (χ1n) is 10.9. The Bertz CT molecular complexity index is 1250. The van der Waals surface area contributed by atoms with Crippen molar-refractivity contribution in [3.8, 4) is 0 Å². The molecular weight excluding hydrogens is 398 g/mol. The van der Waals surface area contributed by atoms with Crippen molar-refractivity contribution in [3.05, 3.63) is 112 Å². The highest BCUT2D eigenvalue weighted by atomic mass is 16.2. The van der Waals surface area contributed by atoms with Crippen LogP contribution in [0.4, 0.5) is 0 Å². The lowest BCUT2D eigenvalue weighted by atomic mass is 9.99. The van der Waals surface area contributed by atoms with E-state index in [9.17, 15) is 9.59 Å². The summed E-state index contributed by atoms with van der Waals surface area (Å²) >= 11 is 0. The number of nitrogens with zero attached hydrogens (tertiary/aromatic N) is 2. The van der Waals surface area contributed by atoms with E-state index in [1.54, 1.807) is 6.07 Å². The molecule has 4 rings (SSSR count). The Morgan fingerprint density at radius 2 is 1.69 bits per heavy atom. The summed E-state index contributed by atoms with van der Waals surface area (Å²) in [4.78, 5) is 30.1. The Morgan fingerprint density at radius 3 is 2.44 bits per heavy atom. The van der Waals surface area contributed by atoms with Crippen LogP contribution >= 0.6 is 0 Å². The molecule has 3 aromatic carbocycles. The van der Waals surface area contributed by atoms with Gasteiger partial charge in [0.2, 0.25) is 5.91 Å². The predicted molar refractivity (Wildman–Crippen MR) is 127 cm³/mol. The SMILES string of the molecule is Cc1cccc2c(=O)n(CC(=O)N[C@@H](CCCc3ccccc3)c3ccccc3)cnc12. The number of aromatic nitrogens is 2. The first-order chi connectivity index (χ1) is 15.6. The van der Waals surface area contributed by atoms with Crippen LogP contribution in [-0.2, 0) is 17.8 Å². The van der Waals surface area contributed by atoms with Crippen LogP contribution in [0.25, 0.3) is 10.9 Å². The van der Waals surface area contributed by atoms with Gasteiger partial charge in [-0.2, -0.15) is 0 Å². The quantitative estimate of drug-likeness (QED) is 0.449. The number of nitrogens with one attached hydrogen (secondary N) is 1. The Morgan fingerprint density at radius 1 is 0.969 bits per heavy atom. The number of fused-ring (bicyclic) bond motifs is 1. The van der Waals surface area contributed by atoms with Gasteiger partial charge in [0, 0.05) is 0 Å². The van der Waals surface area contributed by atoms with Crippen molar-refractivity contribution in [2.45, 2.75) is 38.8 Å². The van der Waals surface area contributed by atoms with Crippen LogP contribution in [0.5, 0.6) is 0 Å². The number of carbonyl (C=O) groups excluding carboxylic acids is 1. The zero-order valence-electron chi connectivity index (χ0n) is 18.2. The van der Waals surface area contributed by atoms with Gasteiger partial charge < -0.3 is 5.32 Å². The van der Waals surface area contributed by atoms with E-state index in [1.165, 1.54) is 16.5 Å². The molecule has 162 valence electrons. The highest BCUT2D eigenvalue weighted by Crippen LogP contribution is 2.20. The largest absolute Gasteiger partial charge is 0.348 e. The molecule has 0 radical (unpaired) electrons. The molecule has 0 aliphatic rings. The van der Waals surface area contributed by atoms with Gasteiger partial charge in [0.15, 0.2) is 0 Å². The average molecular weight is 426 g/mol. The molecular formula is C27H27N3O2. The van der Waals surface area contributed by atoms with Crippen molar-refractivity contribution in [2.24, 2.45) is 0 Å². The highest BCUT2D eigenvalue weighted by molar-refractivity contribution is 5.81. The molecule has 0 unspecified atom stereocenters. The van der Waals surface area contributed by atoms with Crippen LogP contribution in [0.3, 0.4) is 0 Å². The number of carbonyl (C=O) groups is 1. The fourth-order valence-electron chi connectivity index (χ4n) is 4.01. The lowest BCUT2D eigenvalue weighted by Gasteiger charge is -2.20. The average Bonchev–Trinajstić information content (AvgIpc) is 2.82. The van der Waals surface area contributed by atoms with E-state index in [4.69, 9.17) is 0 Å². The van der Waals surface area contributed by atoms with Gasteiger partial charge in [-0.15, -0.1) is 0 Å². The van der Waals surface area contributed by atoms with Gasteiger partial charge in [-0.25, -0.2) is 4.98 Å². The number of aryl methyl sites for hydroxylation is 2. The number of hydrogen-bond acceptors (Lipinski definition) is 3. The van der Waals surface area contributed by atoms with Gasteiger partial charge in [-0.05, 0) is 48.9 Å². The van der Waals surface area contributed by atoms with Crippen molar-refractivity contribution in [1.29, 1.82) is 0 Å². The number of amides is 1. The zero-order valence-corrected chi connectivity index (χ0v) is 18.2. The lowest BCUT2D eigenvalue weighted by Crippen LogP contribution is -2.35. The number of hydrogen-bond donors (Lipinski definition) is 1. The summed E-state index contributed by atoms with van der Waals surface area (Å²) < 4.78 is 1.38. The fraction of sp³-hybridized carbons (Fsp3) is 0.222. The van der Waals surface area contributed by atoms with E-state index in [1.807, 2.05) is 67.6 Å². The zero-order chi connectivity index (χ0) is 22.3. The van der Waals surface area contributed by atoms with Crippen molar-refractivity contribution in [3.63, 3.8) is 0 Å². The summed E-state index contributed by atoms with van der Waals surface area (Å²) in [6.07, 6.45) is 4.17. The second kappa shape index (κ2) is 10.1. The fourth-order valence-corrected chi connectivity index (χ4v) is 4.01. The van der Waals surface area contributed by atoms with Crippen LogP contribution in [0.2, 0.25) is 0 Å². The number of benzene rings is 3. The van der Waals surface area contributed by atoms with Gasteiger partial charge in [0.1, 0.15) is 6.54 Å². The molecule has 0 saturated carbocycles. The van der Waals surface area contributed by atoms with Crippen molar-refractivity contribution < 1.29 is 4.79 Å². The first kappa shape index (κ1) is 21.5. The summed E-state index contributed by atoms with van der Waals surface area (Å²) in [6.45, 7) is 1.86. The maximum atomic E-state index is 12.9. The van der Waals surface area contributed by atoms with Crippen LogP contribution in [-0.4, -0.2) is 15.5 Å². The summed E-state index contributed by atoms with van der Waals surface area (Å²) in [5, 5.41) is 3.66. The Labute approximate surface area is 187 Å². The molecule has 0 aliphatic carbocycles. The Hall–Kier alpha value is -3.73. The summed E-state index contributed by atoms with van der Waals surface area (Å²) in [7, 11) is 0. The molecule has 1 N–H and O–H groups in total.